The number of ether oxygens (including phenoxy) is 1. The number of rotatable bonds is 6. The Balaban J connectivity index is 3.21. The molecule has 2 N–H and O–H groups in total. The zero-order valence-corrected chi connectivity index (χ0v) is 11.2. The predicted octanol–water partition coefficient (Wildman–Crippen LogP) is 2.46. The predicted molar refractivity (Wildman–Crippen MR) is 69.7 cm³/mol. The van der Waals surface area contributed by atoms with E-state index in [2.05, 4.69) is 0 Å². The first-order chi connectivity index (χ1) is 8.86. The van der Waals surface area contributed by atoms with E-state index < -0.39 is 24.3 Å². The van der Waals surface area contributed by atoms with Crippen LogP contribution >= 0.6 is 0 Å². The molecular formula is C14H18O5. The Bertz CT molecular complexity index is 479. The molecule has 1 aromatic rings. The van der Waals surface area contributed by atoms with Crippen molar-refractivity contribution in [3.8, 4) is 5.75 Å². The molecule has 1 atom stereocenters. The number of benzene rings is 1. The Kier molecular flexibility index (Phi) is 4.92. The lowest BCUT2D eigenvalue weighted by Crippen LogP contribution is -2.16. The van der Waals surface area contributed by atoms with Gasteiger partial charge in [-0.1, -0.05) is 26.0 Å². The molecule has 0 aliphatic rings. The van der Waals surface area contributed by atoms with Gasteiger partial charge in [0.1, 0.15) is 5.75 Å². The lowest BCUT2D eigenvalue weighted by Gasteiger charge is -2.16. The maximum absolute atomic E-state index is 11.2. The number of methoxy groups -OCH3 is 1. The second kappa shape index (κ2) is 6.22. The average molecular weight is 266 g/mol. The first kappa shape index (κ1) is 15.0. The minimum atomic E-state index is -1.14. The van der Waals surface area contributed by atoms with Crippen molar-refractivity contribution in [1.82, 2.24) is 0 Å². The van der Waals surface area contributed by atoms with Crippen LogP contribution in [0.15, 0.2) is 18.2 Å². The molecule has 5 heteroatoms. The van der Waals surface area contributed by atoms with E-state index in [1.807, 2.05) is 13.8 Å². The molecule has 0 spiro atoms. The van der Waals surface area contributed by atoms with Crippen LogP contribution in [0.2, 0.25) is 0 Å². The maximum Gasteiger partial charge on any atom is 0.311 e. The summed E-state index contributed by atoms with van der Waals surface area (Å²) in [7, 11) is 1.55. The SMILES string of the molecule is COc1ccc(C(CC(=O)O)C(=O)O)cc1C(C)C. The van der Waals surface area contributed by atoms with Crippen LogP contribution in [-0.2, 0) is 9.59 Å². The minimum absolute atomic E-state index is 0.161. The van der Waals surface area contributed by atoms with Crippen molar-refractivity contribution in [2.24, 2.45) is 0 Å². The highest BCUT2D eigenvalue weighted by molar-refractivity contribution is 5.82. The summed E-state index contributed by atoms with van der Waals surface area (Å²) < 4.78 is 5.22. The van der Waals surface area contributed by atoms with E-state index >= 15 is 0 Å². The second-order valence-electron chi connectivity index (χ2n) is 4.64. The molecule has 0 saturated heterocycles. The third-order valence-electron chi connectivity index (χ3n) is 2.95. The van der Waals surface area contributed by atoms with Gasteiger partial charge in [-0.15, -0.1) is 0 Å². The van der Waals surface area contributed by atoms with Crippen molar-refractivity contribution in [1.29, 1.82) is 0 Å². The van der Waals surface area contributed by atoms with E-state index in [-0.39, 0.29) is 5.92 Å². The van der Waals surface area contributed by atoms with Crippen LogP contribution in [0.3, 0.4) is 0 Å². The van der Waals surface area contributed by atoms with E-state index in [1.54, 1.807) is 25.3 Å². The van der Waals surface area contributed by atoms with Gasteiger partial charge in [-0.2, -0.15) is 0 Å². The number of carboxylic acid groups (broad SMARTS) is 2. The summed E-state index contributed by atoms with van der Waals surface area (Å²) in [5.74, 6) is -2.47. The van der Waals surface area contributed by atoms with E-state index in [0.717, 1.165) is 5.56 Å². The summed E-state index contributed by atoms with van der Waals surface area (Å²) in [6.45, 7) is 3.93. The van der Waals surface area contributed by atoms with Crippen LogP contribution < -0.4 is 4.74 Å². The summed E-state index contributed by atoms with van der Waals surface area (Å²) in [4.78, 5) is 21.9. The average Bonchev–Trinajstić information content (AvgIpc) is 2.34. The smallest absolute Gasteiger partial charge is 0.311 e. The molecular weight excluding hydrogens is 248 g/mol. The fraction of sp³-hybridized carbons (Fsp3) is 0.429. The van der Waals surface area contributed by atoms with Gasteiger partial charge in [0.15, 0.2) is 0 Å². The first-order valence-electron chi connectivity index (χ1n) is 5.99. The molecule has 19 heavy (non-hydrogen) atoms. The van der Waals surface area contributed by atoms with E-state index in [4.69, 9.17) is 14.9 Å². The van der Waals surface area contributed by atoms with Crippen molar-refractivity contribution in [2.45, 2.75) is 32.1 Å². The zero-order valence-electron chi connectivity index (χ0n) is 11.2. The first-order valence-corrected chi connectivity index (χ1v) is 5.99. The fourth-order valence-electron chi connectivity index (χ4n) is 1.94. The number of hydrogen-bond acceptors (Lipinski definition) is 3. The largest absolute Gasteiger partial charge is 0.496 e. The second-order valence-corrected chi connectivity index (χ2v) is 4.64. The standard InChI is InChI=1S/C14H18O5/c1-8(2)10-6-9(4-5-12(10)19-3)11(14(17)18)7-13(15)16/h4-6,8,11H,7H2,1-3H3,(H,15,16)(H,17,18). The number of hydrogen-bond donors (Lipinski definition) is 2. The lowest BCUT2D eigenvalue weighted by atomic mass is 9.91. The summed E-state index contributed by atoms with van der Waals surface area (Å²) >= 11 is 0. The van der Waals surface area contributed by atoms with Crippen molar-refractivity contribution in [3.63, 3.8) is 0 Å². The zero-order chi connectivity index (χ0) is 14.6. The molecule has 0 aromatic heterocycles. The molecule has 0 bridgehead atoms. The van der Waals surface area contributed by atoms with Gasteiger partial charge in [0.25, 0.3) is 0 Å². The lowest BCUT2D eigenvalue weighted by molar-refractivity contribution is -0.145. The molecule has 0 amide bonds. The van der Waals surface area contributed by atoms with Gasteiger partial charge in [0, 0.05) is 0 Å². The molecule has 0 radical (unpaired) electrons. The van der Waals surface area contributed by atoms with E-state index in [0.29, 0.717) is 11.3 Å². The van der Waals surface area contributed by atoms with Crippen molar-refractivity contribution >= 4 is 11.9 Å². The molecule has 1 unspecified atom stereocenters. The summed E-state index contributed by atoms with van der Waals surface area (Å²) in [6.07, 6.45) is -0.431. The van der Waals surface area contributed by atoms with Crippen molar-refractivity contribution in [2.75, 3.05) is 7.11 Å². The summed E-state index contributed by atoms with van der Waals surface area (Å²) in [5, 5.41) is 17.9. The number of carbonyl (C=O) groups is 2. The molecule has 1 rings (SSSR count). The highest BCUT2D eigenvalue weighted by Crippen LogP contribution is 2.31. The van der Waals surface area contributed by atoms with Crippen LogP contribution in [-0.4, -0.2) is 29.3 Å². The summed E-state index contributed by atoms with van der Waals surface area (Å²) in [6, 6.07) is 5.00. The summed E-state index contributed by atoms with van der Waals surface area (Å²) in [5.41, 5.74) is 1.36. The topological polar surface area (TPSA) is 83.8 Å². The molecule has 0 aliphatic carbocycles. The van der Waals surface area contributed by atoms with E-state index in [1.165, 1.54) is 0 Å². The third-order valence-corrected chi connectivity index (χ3v) is 2.95. The van der Waals surface area contributed by atoms with Crippen LogP contribution in [0, 0.1) is 0 Å². The Hall–Kier alpha value is -2.04. The monoisotopic (exact) mass is 266 g/mol. The van der Waals surface area contributed by atoms with Crippen molar-refractivity contribution < 1.29 is 24.5 Å². The number of carboxylic acids is 2. The molecule has 0 aliphatic heterocycles. The minimum Gasteiger partial charge on any atom is -0.496 e. The Labute approximate surface area is 111 Å². The normalized spacial score (nSPS) is 12.2. The van der Waals surface area contributed by atoms with Crippen LogP contribution in [0.4, 0.5) is 0 Å². The Morgan fingerprint density at radius 3 is 2.32 bits per heavy atom. The van der Waals surface area contributed by atoms with Gasteiger partial charge in [-0.3, -0.25) is 9.59 Å². The quantitative estimate of drug-likeness (QED) is 0.826. The molecule has 0 fully saturated rings. The highest BCUT2D eigenvalue weighted by atomic mass is 16.5. The van der Waals surface area contributed by atoms with Gasteiger partial charge >= 0.3 is 11.9 Å². The van der Waals surface area contributed by atoms with Crippen LogP contribution in [0.25, 0.3) is 0 Å². The fourth-order valence-corrected chi connectivity index (χ4v) is 1.94. The Morgan fingerprint density at radius 1 is 1.26 bits per heavy atom. The third kappa shape index (κ3) is 3.71. The highest BCUT2D eigenvalue weighted by Gasteiger charge is 2.24. The van der Waals surface area contributed by atoms with Gasteiger partial charge in [0.2, 0.25) is 0 Å². The van der Waals surface area contributed by atoms with Gasteiger partial charge in [-0.05, 0) is 23.1 Å². The molecule has 5 nitrogen and oxygen atoms in total. The number of aliphatic carboxylic acids is 2. The van der Waals surface area contributed by atoms with Gasteiger partial charge in [0.05, 0.1) is 19.4 Å². The van der Waals surface area contributed by atoms with E-state index in [9.17, 15) is 9.59 Å². The van der Waals surface area contributed by atoms with Gasteiger partial charge < -0.3 is 14.9 Å². The Morgan fingerprint density at radius 2 is 1.89 bits per heavy atom. The molecule has 1 aromatic carbocycles. The molecule has 0 saturated carbocycles. The van der Waals surface area contributed by atoms with Crippen molar-refractivity contribution in [3.05, 3.63) is 29.3 Å². The molecule has 104 valence electrons. The van der Waals surface area contributed by atoms with Gasteiger partial charge in [-0.25, -0.2) is 0 Å². The van der Waals surface area contributed by atoms with Crippen LogP contribution in [0.5, 0.6) is 5.75 Å². The maximum atomic E-state index is 11.2. The van der Waals surface area contributed by atoms with Crippen LogP contribution in [0.1, 0.15) is 43.2 Å². The molecule has 0 heterocycles.